The fraction of sp³-hybridized carbons (Fsp3) is 0.250. The zero-order valence-electron chi connectivity index (χ0n) is 17.0. The van der Waals surface area contributed by atoms with Crippen LogP contribution in [0.15, 0.2) is 42.6 Å². The number of alkyl halides is 2. The third-order valence-corrected chi connectivity index (χ3v) is 5.64. The summed E-state index contributed by atoms with van der Waals surface area (Å²) in [6.07, 6.45) is 2.02. The van der Waals surface area contributed by atoms with Crippen molar-refractivity contribution in [3.63, 3.8) is 0 Å². The van der Waals surface area contributed by atoms with Gasteiger partial charge in [-0.1, -0.05) is 19.1 Å². The smallest absolute Gasteiger partial charge is 0.273 e. The predicted octanol–water partition coefficient (Wildman–Crippen LogP) is 6.19. The number of fused-ring (bicyclic) bond motifs is 1. The lowest BCUT2D eigenvalue weighted by atomic mass is 9.96. The molecule has 0 radical (unpaired) electrons. The molecule has 31 heavy (non-hydrogen) atoms. The van der Waals surface area contributed by atoms with Gasteiger partial charge in [-0.2, -0.15) is 0 Å². The van der Waals surface area contributed by atoms with Gasteiger partial charge >= 0.3 is 0 Å². The molecule has 1 N–H and O–H groups in total. The van der Waals surface area contributed by atoms with Crippen LogP contribution in [-0.2, 0) is 18.8 Å². The summed E-state index contributed by atoms with van der Waals surface area (Å²) >= 11 is 0. The minimum absolute atomic E-state index is 0.0281. The number of amides is 1. The lowest BCUT2D eigenvalue weighted by Crippen LogP contribution is -2.17. The Morgan fingerprint density at radius 1 is 1.16 bits per heavy atom. The molecule has 0 bridgehead atoms. The summed E-state index contributed by atoms with van der Waals surface area (Å²) in [6.45, 7) is 3.69. The Bertz CT molecular complexity index is 1170. The molecule has 7 heteroatoms. The lowest BCUT2D eigenvalue weighted by molar-refractivity contribution is -0.00181. The van der Waals surface area contributed by atoms with Crippen molar-refractivity contribution < 1.29 is 22.4 Å². The molecule has 1 amide bonds. The summed E-state index contributed by atoms with van der Waals surface area (Å²) in [7, 11) is 0. The molecule has 1 heterocycles. The van der Waals surface area contributed by atoms with Gasteiger partial charge in [-0.25, -0.2) is 17.6 Å². The van der Waals surface area contributed by atoms with Crippen LogP contribution in [0.5, 0.6) is 0 Å². The summed E-state index contributed by atoms with van der Waals surface area (Å²) < 4.78 is 56.2. The average molecular weight is 428 g/mol. The van der Waals surface area contributed by atoms with Crippen LogP contribution in [0, 0.1) is 18.6 Å². The minimum atomic E-state index is -2.86. The maximum Gasteiger partial charge on any atom is 0.273 e. The van der Waals surface area contributed by atoms with Crippen molar-refractivity contribution in [1.29, 1.82) is 0 Å². The molecule has 1 aliphatic carbocycles. The number of hydrogen-bond acceptors (Lipinski definition) is 2. The van der Waals surface area contributed by atoms with E-state index in [1.165, 1.54) is 18.3 Å². The van der Waals surface area contributed by atoms with Crippen LogP contribution < -0.4 is 5.32 Å². The summed E-state index contributed by atoms with van der Waals surface area (Å²) in [5, 5.41) is 2.51. The normalized spacial score (nSPS) is 14.4. The first-order valence-corrected chi connectivity index (χ1v) is 9.97. The average Bonchev–Trinajstić information content (AvgIpc) is 3.01. The van der Waals surface area contributed by atoms with Crippen LogP contribution in [0.3, 0.4) is 0 Å². The second kappa shape index (κ2) is 7.80. The lowest BCUT2D eigenvalue weighted by Gasteiger charge is -2.16. The summed E-state index contributed by atoms with van der Waals surface area (Å²) in [5.41, 5.74) is 2.90. The number of aromatic nitrogens is 1. The first-order valence-electron chi connectivity index (χ1n) is 9.97. The van der Waals surface area contributed by atoms with Gasteiger partial charge < -0.3 is 5.32 Å². The zero-order valence-corrected chi connectivity index (χ0v) is 17.0. The second-order valence-electron chi connectivity index (χ2n) is 7.66. The molecule has 4 rings (SSSR count). The molecule has 3 nitrogen and oxygen atoms in total. The molecule has 0 unspecified atom stereocenters. The molecular formula is C24H20F4N2O. The van der Waals surface area contributed by atoms with E-state index in [0.29, 0.717) is 40.9 Å². The summed E-state index contributed by atoms with van der Waals surface area (Å²) in [6, 6.07) is 8.16. The van der Waals surface area contributed by atoms with E-state index in [0.717, 1.165) is 17.7 Å². The predicted molar refractivity (Wildman–Crippen MR) is 110 cm³/mol. The molecular weight excluding hydrogens is 408 g/mol. The first kappa shape index (κ1) is 21.0. The van der Waals surface area contributed by atoms with Crippen LogP contribution in [0.25, 0.3) is 11.3 Å². The monoisotopic (exact) mass is 428 g/mol. The van der Waals surface area contributed by atoms with Gasteiger partial charge in [0, 0.05) is 17.5 Å². The van der Waals surface area contributed by atoms with Crippen LogP contribution in [-0.4, -0.2) is 10.9 Å². The number of pyridine rings is 1. The third kappa shape index (κ3) is 3.80. The van der Waals surface area contributed by atoms with Gasteiger partial charge in [0.25, 0.3) is 11.8 Å². The van der Waals surface area contributed by atoms with Crippen LogP contribution >= 0.6 is 0 Å². The van der Waals surface area contributed by atoms with Crippen LogP contribution in [0.4, 0.5) is 23.2 Å². The van der Waals surface area contributed by atoms with E-state index in [-0.39, 0.29) is 12.0 Å². The van der Waals surface area contributed by atoms with Gasteiger partial charge in [0.15, 0.2) is 0 Å². The Kier molecular flexibility index (Phi) is 5.29. The molecule has 3 aromatic rings. The minimum Gasteiger partial charge on any atom is -0.320 e. The highest BCUT2D eigenvalue weighted by Crippen LogP contribution is 2.44. The van der Waals surface area contributed by atoms with E-state index in [9.17, 15) is 22.4 Å². The molecule has 1 aliphatic rings. The number of halogens is 4. The van der Waals surface area contributed by atoms with Crippen molar-refractivity contribution in [3.8, 4) is 11.3 Å². The molecule has 2 aromatic carbocycles. The fourth-order valence-corrected chi connectivity index (χ4v) is 3.97. The summed E-state index contributed by atoms with van der Waals surface area (Å²) in [4.78, 5) is 16.8. The molecule has 160 valence electrons. The number of nitrogens with one attached hydrogen (secondary N) is 1. The van der Waals surface area contributed by atoms with E-state index in [1.54, 1.807) is 12.1 Å². The zero-order chi connectivity index (χ0) is 22.3. The maximum absolute atomic E-state index is 14.2. The fourth-order valence-electron chi connectivity index (χ4n) is 3.97. The van der Waals surface area contributed by atoms with Gasteiger partial charge in [-0.05, 0) is 60.7 Å². The van der Waals surface area contributed by atoms with E-state index >= 15 is 0 Å². The van der Waals surface area contributed by atoms with Gasteiger partial charge in [0.05, 0.1) is 17.6 Å². The SMILES string of the molecule is CCc1cc(-c2cc3c(cc2C)CCC3(F)F)ncc1NC(=O)c1c(F)cccc1F. The molecule has 0 atom stereocenters. The Morgan fingerprint density at radius 3 is 2.55 bits per heavy atom. The number of rotatable bonds is 4. The Morgan fingerprint density at radius 2 is 1.87 bits per heavy atom. The van der Waals surface area contributed by atoms with Crippen molar-refractivity contribution >= 4 is 11.6 Å². The van der Waals surface area contributed by atoms with Crippen LogP contribution in [0.2, 0.25) is 0 Å². The number of nitrogens with zero attached hydrogens (tertiary/aromatic N) is 1. The molecule has 0 saturated heterocycles. The molecule has 0 saturated carbocycles. The van der Waals surface area contributed by atoms with Gasteiger partial charge in [0.1, 0.15) is 17.2 Å². The number of carbonyl (C=O) groups excluding carboxylic acids is 1. The third-order valence-electron chi connectivity index (χ3n) is 5.64. The van der Waals surface area contributed by atoms with E-state index < -0.39 is 29.0 Å². The van der Waals surface area contributed by atoms with Crippen molar-refractivity contribution in [2.45, 2.75) is 39.0 Å². The largest absolute Gasteiger partial charge is 0.320 e. The standard InChI is InChI=1S/C24H20F4N2O/c1-3-14-10-20(16-11-17-15(9-13(16)2)7-8-24(17,27)28)29-12-21(14)30-23(31)22-18(25)5-4-6-19(22)26/h4-6,9-12H,3,7-8H2,1-2H3,(H,30,31). The molecule has 1 aromatic heterocycles. The number of carbonyl (C=O) groups is 1. The number of hydrogen-bond donors (Lipinski definition) is 1. The highest BCUT2D eigenvalue weighted by Gasteiger charge is 2.39. The molecule has 0 spiro atoms. The van der Waals surface area contributed by atoms with Crippen molar-refractivity contribution in [2.75, 3.05) is 5.32 Å². The Labute approximate surface area is 177 Å². The number of aryl methyl sites for hydroxylation is 3. The number of anilines is 1. The topological polar surface area (TPSA) is 42.0 Å². The molecule has 0 fully saturated rings. The van der Waals surface area contributed by atoms with Crippen molar-refractivity contribution in [2.24, 2.45) is 0 Å². The van der Waals surface area contributed by atoms with Crippen LogP contribution in [0.1, 0.15) is 46.0 Å². The van der Waals surface area contributed by atoms with Crippen molar-refractivity contribution in [1.82, 2.24) is 4.98 Å². The van der Waals surface area contributed by atoms with Gasteiger partial charge in [0.2, 0.25) is 0 Å². The summed E-state index contributed by atoms with van der Waals surface area (Å²) in [5.74, 6) is -5.71. The molecule has 0 aliphatic heterocycles. The van der Waals surface area contributed by atoms with E-state index in [2.05, 4.69) is 10.3 Å². The number of benzene rings is 2. The highest BCUT2D eigenvalue weighted by atomic mass is 19.3. The quantitative estimate of drug-likeness (QED) is 0.504. The van der Waals surface area contributed by atoms with Gasteiger partial charge in [-0.3, -0.25) is 9.78 Å². The second-order valence-corrected chi connectivity index (χ2v) is 7.66. The van der Waals surface area contributed by atoms with E-state index in [4.69, 9.17) is 0 Å². The van der Waals surface area contributed by atoms with E-state index in [1.807, 2.05) is 13.8 Å². The maximum atomic E-state index is 14.2. The highest BCUT2D eigenvalue weighted by molar-refractivity contribution is 6.05. The van der Waals surface area contributed by atoms with Gasteiger partial charge in [-0.15, -0.1) is 0 Å². The van der Waals surface area contributed by atoms with Crippen molar-refractivity contribution in [3.05, 3.63) is 82.0 Å². The Hall–Kier alpha value is -3.22. The first-order chi connectivity index (χ1) is 14.7. The Balaban J connectivity index is 1.69.